The quantitative estimate of drug-likeness (QED) is 0.414. The van der Waals surface area contributed by atoms with Crippen molar-refractivity contribution in [3.8, 4) is 17.2 Å². The Balaban J connectivity index is 1.40. The summed E-state index contributed by atoms with van der Waals surface area (Å²) in [4.78, 5) is 12.4. The Hall–Kier alpha value is -3.85. The average molecular weight is 460 g/mol. The van der Waals surface area contributed by atoms with Gasteiger partial charge in [0.1, 0.15) is 6.10 Å². The van der Waals surface area contributed by atoms with Crippen molar-refractivity contribution >= 4 is 10.9 Å². The smallest absolute Gasteiger partial charge is 0.197 e. The zero-order valence-electron chi connectivity index (χ0n) is 18.9. The number of rotatable bonds is 3. The molecule has 172 valence electrons. The van der Waals surface area contributed by atoms with Crippen molar-refractivity contribution in [2.45, 2.75) is 33.4 Å². The first-order valence-electron chi connectivity index (χ1n) is 11.0. The third-order valence-electron chi connectivity index (χ3n) is 6.48. The highest BCUT2D eigenvalue weighted by Gasteiger charge is 2.30. The minimum absolute atomic E-state index is 0.273. The van der Waals surface area contributed by atoms with Crippen LogP contribution in [0, 0.1) is 32.4 Å². The van der Waals surface area contributed by atoms with E-state index in [-0.39, 0.29) is 5.56 Å². The maximum Gasteiger partial charge on any atom is 0.197 e. The normalized spacial score (nSPS) is 15.7. The summed E-state index contributed by atoms with van der Waals surface area (Å²) in [7, 11) is 0. The van der Waals surface area contributed by atoms with Crippen LogP contribution in [0.1, 0.15) is 34.3 Å². The topological polar surface area (TPSA) is 73.5 Å². The number of hydrogen-bond acceptors (Lipinski definition) is 4. The van der Waals surface area contributed by atoms with Gasteiger partial charge >= 0.3 is 0 Å². The molecular formula is C25H22F2N6O. The van der Waals surface area contributed by atoms with Crippen LogP contribution in [-0.4, -0.2) is 35.9 Å². The van der Waals surface area contributed by atoms with Crippen LogP contribution in [0.3, 0.4) is 0 Å². The number of ether oxygens (including phenoxy) is 1. The zero-order valence-corrected chi connectivity index (χ0v) is 18.9. The van der Waals surface area contributed by atoms with Crippen LogP contribution in [-0.2, 0) is 11.3 Å². The lowest BCUT2D eigenvalue weighted by Gasteiger charge is -2.25. The predicted octanol–water partition coefficient (Wildman–Crippen LogP) is 4.94. The van der Waals surface area contributed by atoms with Gasteiger partial charge < -0.3 is 14.3 Å². The van der Waals surface area contributed by atoms with Gasteiger partial charge in [-0.3, -0.25) is 0 Å². The maximum absolute atomic E-state index is 14.2. The molecule has 4 heterocycles. The number of imidazole rings is 1. The molecule has 1 N–H and O–H groups in total. The van der Waals surface area contributed by atoms with Crippen LogP contribution >= 0.6 is 0 Å². The van der Waals surface area contributed by atoms with Gasteiger partial charge in [0, 0.05) is 22.8 Å². The fraction of sp³-hybridized carbons (Fsp3) is 0.240. The van der Waals surface area contributed by atoms with Gasteiger partial charge in [0.15, 0.2) is 23.3 Å². The van der Waals surface area contributed by atoms with Gasteiger partial charge in [-0.25, -0.2) is 23.4 Å². The lowest BCUT2D eigenvalue weighted by atomic mass is 9.97. The van der Waals surface area contributed by atoms with E-state index < -0.39 is 17.7 Å². The first-order valence-corrected chi connectivity index (χ1v) is 11.0. The molecule has 0 amide bonds. The van der Waals surface area contributed by atoms with Crippen LogP contribution < -0.4 is 0 Å². The number of nitrogens with one attached hydrogen (secondary N) is 1. The van der Waals surface area contributed by atoms with Crippen molar-refractivity contribution in [1.82, 2.24) is 29.3 Å². The Labute approximate surface area is 194 Å². The SMILES string of the molecule is Cc1cn(-c2ccc3[nH]c(-c4nc5n(n4)CCOC5c4cc(F)c(F)c(C)c4C)cc3c2)cn1. The van der Waals surface area contributed by atoms with Gasteiger partial charge in [-0.2, -0.15) is 0 Å². The molecule has 0 spiro atoms. The Morgan fingerprint density at radius 2 is 1.94 bits per heavy atom. The van der Waals surface area contributed by atoms with E-state index in [1.807, 2.05) is 35.9 Å². The summed E-state index contributed by atoms with van der Waals surface area (Å²) in [5.74, 6) is -0.623. The third-order valence-corrected chi connectivity index (χ3v) is 6.48. The molecule has 0 saturated heterocycles. The fourth-order valence-electron chi connectivity index (χ4n) is 4.49. The Bertz CT molecular complexity index is 1560. The average Bonchev–Trinajstić information content (AvgIpc) is 3.56. The molecule has 1 atom stereocenters. The summed E-state index contributed by atoms with van der Waals surface area (Å²) >= 11 is 0. The second-order valence-corrected chi connectivity index (χ2v) is 8.66. The lowest BCUT2D eigenvalue weighted by Crippen LogP contribution is -2.24. The second-order valence-electron chi connectivity index (χ2n) is 8.66. The number of benzene rings is 2. The highest BCUT2D eigenvalue weighted by Crippen LogP contribution is 2.34. The van der Waals surface area contributed by atoms with Gasteiger partial charge in [0.2, 0.25) is 0 Å². The van der Waals surface area contributed by atoms with Crippen molar-refractivity contribution in [2.24, 2.45) is 0 Å². The van der Waals surface area contributed by atoms with Crippen molar-refractivity contribution in [3.63, 3.8) is 0 Å². The number of hydrogen-bond donors (Lipinski definition) is 1. The number of aryl methyl sites for hydroxylation is 1. The summed E-state index contributed by atoms with van der Waals surface area (Å²) < 4.78 is 38.0. The second kappa shape index (κ2) is 7.59. The van der Waals surface area contributed by atoms with Gasteiger partial charge in [-0.05, 0) is 67.8 Å². The molecule has 6 rings (SSSR count). The molecule has 0 fully saturated rings. The molecule has 1 unspecified atom stereocenters. The first-order chi connectivity index (χ1) is 16.4. The number of fused-ring (bicyclic) bond motifs is 2. The van der Waals surface area contributed by atoms with E-state index in [2.05, 4.69) is 21.1 Å². The predicted molar refractivity (Wildman–Crippen MR) is 123 cm³/mol. The molecule has 0 radical (unpaired) electrons. The molecule has 0 saturated carbocycles. The number of aromatic nitrogens is 6. The van der Waals surface area contributed by atoms with Crippen molar-refractivity contribution in [2.75, 3.05) is 6.61 Å². The highest BCUT2D eigenvalue weighted by molar-refractivity contribution is 5.86. The van der Waals surface area contributed by atoms with Crippen LogP contribution in [0.2, 0.25) is 0 Å². The minimum atomic E-state index is -0.891. The monoisotopic (exact) mass is 460 g/mol. The summed E-state index contributed by atoms with van der Waals surface area (Å²) in [5.41, 5.74) is 5.17. The fourth-order valence-corrected chi connectivity index (χ4v) is 4.49. The van der Waals surface area contributed by atoms with E-state index in [4.69, 9.17) is 9.72 Å². The van der Waals surface area contributed by atoms with Gasteiger partial charge in [-0.1, -0.05) is 0 Å². The summed E-state index contributed by atoms with van der Waals surface area (Å²) in [6.45, 7) is 6.23. The van der Waals surface area contributed by atoms with E-state index in [1.54, 1.807) is 24.9 Å². The van der Waals surface area contributed by atoms with E-state index in [1.165, 1.54) is 6.07 Å². The number of halogens is 2. The van der Waals surface area contributed by atoms with Crippen molar-refractivity contribution < 1.29 is 13.5 Å². The van der Waals surface area contributed by atoms with Gasteiger partial charge in [-0.15, -0.1) is 5.10 Å². The van der Waals surface area contributed by atoms with Crippen LogP contribution in [0.5, 0.6) is 0 Å². The maximum atomic E-state index is 14.2. The molecule has 7 nitrogen and oxygen atoms in total. The number of aromatic amines is 1. The summed E-state index contributed by atoms with van der Waals surface area (Å²) in [6, 6.07) is 9.32. The lowest BCUT2D eigenvalue weighted by molar-refractivity contribution is 0.0383. The third kappa shape index (κ3) is 3.23. The molecule has 3 aromatic heterocycles. The van der Waals surface area contributed by atoms with Crippen LogP contribution in [0.25, 0.3) is 28.1 Å². The zero-order chi connectivity index (χ0) is 23.6. The largest absolute Gasteiger partial charge is 0.364 e. The summed E-state index contributed by atoms with van der Waals surface area (Å²) in [5, 5.41) is 5.70. The standard InChI is InChI=1S/C25H22F2N6O/c1-13-11-32(12-28-13)17-4-5-20-16(8-17)9-21(29-20)24-30-25-23(34-7-6-33(25)31-24)18-10-19(26)22(27)15(3)14(18)2/h4-5,8-12,23,29H,6-7H2,1-3H3. The van der Waals surface area contributed by atoms with Gasteiger partial charge in [0.05, 0.1) is 30.9 Å². The Kier molecular flexibility index (Phi) is 4.63. The van der Waals surface area contributed by atoms with Crippen molar-refractivity contribution in [1.29, 1.82) is 0 Å². The van der Waals surface area contributed by atoms with Crippen molar-refractivity contribution in [3.05, 3.63) is 82.7 Å². The Morgan fingerprint density at radius 1 is 1.09 bits per heavy atom. The van der Waals surface area contributed by atoms with Gasteiger partial charge in [0.25, 0.3) is 0 Å². The molecule has 34 heavy (non-hydrogen) atoms. The van der Waals surface area contributed by atoms with E-state index in [0.29, 0.717) is 35.9 Å². The molecule has 0 bridgehead atoms. The number of H-pyrrole nitrogens is 1. The molecular weight excluding hydrogens is 438 g/mol. The van der Waals surface area contributed by atoms with E-state index in [0.717, 1.165) is 28.0 Å². The number of nitrogens with zero attached hydrogens (tertiary/aromatic N) is 5. The molecule has 1 aliphatic heterocycles. The molecule has 9 heteroatoms. The minimum Gasteiger partial charge on any atom is -0.364 e. The van der Waals surface area contributed by atoms with Crippen LogP contribution in [0.4, 0.5) is 8.78 Å². The molecule has 0 aliphatic carbocycles. The molecule has 1 aliphatic rings. The molecule has 5 aromatic rings. The van der Waals surface area contributed by atoms with Crippen LogP contribution in [0.15, 0.2) is 42.9 Å². The summed E-state index contributed by atoms with van der Waals surface area (Å²) in [6.07, 6.45) is 3.14. The Morgan fingerprint density at radius 3 is 2.74 bits per heavy atom. The molecule has 2 aromatic carbocycles. The van der Waals surface area contributed by atoms with E-state index in [9.17, 15) is 8.78 Å². The first kappa shape index (κ1) is 20.7. The highest BCUT2D eigenvalue weighted by atomic mass is 19.2. The van der Waals surface area contributed by atoms with E-state index >= 15 is 0 Å².